The van der Waals surface area contributed by atoms with Gasteiger partial charge in [0, 0.05) is 23.2 Å². The number of amides is 2. The zero-order valence-electron chi connectivity index (χ0n) is 13.6. The first kappa shape index (κ1) is 17.0. The lowest BCUT2D eigenvalue weighted by atomic mass is 9.79. The van der Waals surface area contributed by atoms with Crippen LogP contribution in [0, 0.1) is 0 Å². The number of rotatable bonds is 3. The van der Waals surface area contributed by atoms with E-state index in [4.69, 9.17) is 0 Å². The van der Waals surface area contributed by atoms with E-state index in [9.17, 15) is 9.59 Å². The maximum Gasteiger partial charge on any atom is 0.309 e. The average Bonchev–Trinajstić information content (AvgIpc) is 2.23. The maximum atomic E-state index is 11.9. The Balaban J connectivity index is 2.59. The number of nitrogens with one attached hydrogen (secondary N) is 3. The fraction of sp³-hybridized carbons (Fsp3) is 0.867. The fourth-order valence-electron chi connectivity index (χ4n) is 3.07. The second kappa shape index (κ2) is 6.12. The molecule has 2 amide bonds. The van der Waals surface area contributed by atoms with E-state index in [-0.39, 0.29) is 23.2 Å². The van der Waals surface area contributed by atoms with Crippen molar-refractivity contribution in [3.05, 3.63) is 0 Å². The van der Waals surface area contributed by atoms with Gasteiger partial charge in [-0.2, -0.15) is 0 Å². The van der Waals surface area contributed by atoms with Crippen LogP contribution < -0.4 is 16.0 Å². The Labute approximate surface area is 122 Å². The molecule has 3 N–H and O–H groups in total. The third-order valence-electron chi connectivity index (χ3n) is 3.72. The molecule has 116 valence electrons. The summed E-state index contributed by atoms with van der Waals surface area (Å²) in [6, 6.07) is 0.0468. The highest BCUT2D eigenvalue weighted by molar-refractivity contribution is 6.35. The van der Waals surface area contributed by atoms with Gasteiger partial charge in [-0.3, -0.25) is 9.59 Å². The number of hydrogen-bond acceptors (Lipinski definition) is 3. The molecule has 20 heavy (non-hydrogen) atoms. The van der Waals surface area contributed by atoms with Gasteiger partial charge in [0.2, 0.25) is 0 Å². The second-order valence-corrected chi connectivity index (χ2v) is 7.25. The van der Waals surface area contributed by atoms with E-state index in [2.05, 4.69) is 43.6 Å². The highest BCUT2D eigenvalue weighted by Gasteiger charge is 2.38. The molecule has 0 radical (unpaired) electrons. The molecule has 0 saturated carbocycles. The van der Waals surface area contributed by atoms with E-state index in [0.29, 0.717) is 0 Å². The van der Waals surface area contributed by atoms with Crippen LogP contribution >= 0.6 is 0 Å². The van der Waals surface area contributed by atoms with Crippen molar-refractivity contribution >= 4 is 11.8 Å². The maximum absolute atomic E-state index is 11.9. The summed E-state index contributed by atoms with van der Waals surface area (Å²) in [7, 11) is 0. The van der Waals surface area contributed by atoms with Crippen molar-refractivity contribution in [1.29, 1.82) is 0 Å². The largest absolute Gasteiger partial charge is 0.345 e. The molecule has 5 heteroatoms. The predicted octanol–water partition coefficient (Wildman–Crippen LogP) is 1.33. The predicted molar refractivity (Wildman–Crippen MR) is 80.4 cm³/mol. The Hall–Kier alpha value is -1.10. The van der Waals surface area contributed by atoms with Gasteiger partial charge < -0.3 is 16.0 Å². The number of piperidine rings is 1. The topological polar surface area (TPSA) is 70.2 Å². The Morgan fingerprint density at radius 2 is 1.65 bits per heavy atom. The molecule has 1 aliphatic heterocycles. The minimum absolute atomic E-state index is 0.0224. The van der Waals surface area contributed by atoms with Crippen LogP contribution in [-0.4, -0.2) is 35.0 Å². The molecule has 0 aromatic heterocycles. The van der Waals surface area contributed by atoms with Crippen molar-refractivity contribution in [2.24, 2.45) is 0 Å². The smallest absolute Gasteiger partial charge is 0.309 e. The first-order chi connectivity index (χ1) is 9.04. The zero-order valence-corrected chi connectivity index (χ0v) is 13.6. The van der Waals surface area contributed by atoms with Gasteiger partial charge in [-0.1, -0.05) is 6.92 Å². The van der Waals surface area contributed by atoms with Crippen molar-refractivity contribution in [2.75, 3.05) is 0 Å². The molecule has 1 unspecified atom stereocenters. The van der Waals surface area contributed by atoms with Crippen LogP contribution in [0.15, 0.2) is 0 Å². The Kier molecular flexibility index (Phi) is 5.19. The van der Waals surface area contributed by atoms with Crippen LogP contribution in [0.4, 0.5) is 0 Å². The zero-order chi connectivity index (χ0) is 15.6. The summed E-state index contributed by atoms with van der Waals surface area (Å²) in [6.45, 7) is 12.3. The Morgan fingerprint density at radius 3 is 2.10 bits per heavy atom. The van der Waals surface area contributed by atoms with Crippen molar-refractivity contribution in [3.63, 3.8) is 0 Å². The number of hydrogen-bond donors (Lipinski definition) is 3. The molecule has 0 aromatic rings. The van der Waals surface area contributed by atoms with Crippen LogP contribution in [0.5, 0.6) is 0 Å². The quantitative estimate of drug-likeness (QED) is 0.684. The highest BCUT2D eigenvalue weighted by Crippen LogP contribution is 2.28. The first-order valence-electron chi connectivity index (χ1n) is 7.45. The summed E-state index contributed by atoms with van der Waals surface area (Å²) >= 11 is 0. The molecule has 1 atom stereocenters. The highest BCUT2D eigenvalue weighted by atomic mass is 16.2. The van der Waals surface area contributed by atoms with Crippen molar-refractivity contribution < 1.29 is 9.59 Å². The van der Waals surface area contributed by atoms with E-state index in [0.717, 1.165) is 19.3 Å². The summed E-state index contributed by atoms with van der Waals surface area (Å²) in [5.74, 6) is -1.06. The van der Waals surface area contributed by atoms with Gasteiger partial charge in [0.25, 0.3) is 0 Å². The van der Waals surface area contributed by atoms with Gasteiger partial charge in [-0.25, -0.2) is 0 Å². The fourth-order valence-corrected chi connectivity index (χ4v) is 3.07. The summed E-state index contributed by atoms with van der Waals surface area (Å²) in [5.41, 5.74) is -0.0975. The van der Waals surface area contributed by atoms with Crippen LogP contribution in [-0.2, 0) is 9.59 Å². The van der Waals surface area contributed by atoms with Gasteiger partial charge >= 0.3 is 11.8 Å². The van der Waals surface area contributed by atoms with Gasteiger partial charge in [0.05, 0.1) is 0 Å². The van der Waals surface area contributed by atoms with Crippen molar-refractivity contribution in [2.45, 2.75) is 84.0 Å². The Morgan fingerprint density at radius 1 is 1.15 bits per heavy atom. The van der Waals surface area contributed by atoms with Crippen LogP contribution in [0.3, 0.4) is 0 Å². The summed E-state index contributed by atoms with van der Waals surface area (Å²) in [6.07, 6.45) is 2.45. The summed E-state index contributed by atoms with van der Waals surface area (Å²) < 4.78 is 0. The lowest BCUT2D eigenvalue weighted by Gasteiger charge is -2.46. The van der Waals surface area contributed by atoms with E-state index in [1.807, 2.05) is 13.8 Å². The third kappa shape index (κ3) is 5.12. The molecular formula is C15H29N3O2. The van der Waals surface area contributed by atoms with Crippen LogP contribution in [0.2, 0.25) is 0 Å². The summed E-state index contributed by atoms with van der Waals surface area (Å²) in [5, 5.41) is 9.12. The first-order valence-corrected chi connectivity index (χ1v) is 7.45. The minimum Gasteiger partial charge on any atom is -0.345 e. The van der Waals surface area contributed by atoms with Gasteiger partial charge in [-0.05, 0) is 53.9 Å². The van der Waals surface area contributed by atoms with E-state index in [1.165, 1.54) is 0 Å². The molecule has 1 aliphatic rings. The van der Waals surface area contributed by atoms with Crippen molar-refractivity contribution in [1.82, 2.24) is 16.0 Å². The monoisotopic (exact) mass is 283 g/mol. The molecule has 1 fully saturated rings. The van der Waals surface area contributed by atoms with Gasteiger partial charge in [0.1, 0.15) is 0 Å². The minimum atomic E-state index is -0.534. The Bertz CT molecular complexity index is 361. The number of carbonyl (C=O) groups is 2. The molecule has 0 aliphatic carbocycles. The standard InChI is InChI=1S/C15H29N3O2/c1-7-10(2)16-12(19)13(20)17-11-8-14(3,4)18-15(5,6)9-11/h10-11,18H,7-9H2,1-6H3,(H,16,19)(H,17,20). The van der Waals surface area contributed by atoms with Crippen molar-refractivity contribution in [3.8, 4) is 0 Å². The molecule has 1 heterocycles. The molecule has 0 aromatic carbocycles. The summed E-state index contributed by atoms with van der Waals surface area (Å²) in [4.78, 5) is 23.7. The molecule has 1 saturated heterocycles. The number of carbonyl (C=O) groups excluding carboxylic acids is 2. The van der Waals surface area contributed by atoms with Crippen LogP contribution in [0.1, 0.15) is 60.8 Å². The molecule has 0 spiro atoms. The lowest BCUT2D eigenvalue weighted by molar-refractivity contribution is -0.140. The molecular weight excluding hydrogens is 254 g/mol. The van der Waals surface area contributed by atoms with Crippen LogP contribution in [0.25, 0.3) is 0 Å². The van der Waals surface area contributed by atoms with E-state index in [1.54, 1.807) is 0 Å². The lowest BCUT2D eigenvalue weighted by Crippen LogP contribution is -2.63. The average molecular weight is 283 g/mol. The van der Waals surface area contributed by atoms with E-state index < -0.39 is 11.8 Å². The molecule has 5 nitrogen and oxygen atoms in total. The van der Waals surface area contributed by atoms with Gasteiger partial charge in [-0.15, -0.1) is 0 Å². The third-order valence-corrected chi connectivity index (χ3v) is 3.72. The normalized spacial score (nSPS) is 22.9. The molecule has 1 rings (SSSR count). The van der Waals surface area contributed by atoms with Gasteiger partial charge in [0.15, 0.2) is 0 Å². The van der Waals surface area contributed by atoms with E-state index >= 15 is 0 Å². The SMILES string of the molecule is CCC(C)NC(=O)C(=O)NC1CC(C)(C)NC(C)(C)C1. The molecule has 0 bridgehead atoms. The second-order valence-electron chi connectivity index (χ2n) is 7.25.